The molecule has 278 valence electrons. The normalized spacial score (nSPS) is 12.9. The zero-order valence-corrected chi connectivity index (χ0v) is 33.0. The summed E-state index contributed by atoms with van der Waals surface area (Å²) < 4.78 is 0. The van der Waals surface area contributed by atoms with Crippen molar-refractivity contribution < 1.29 is 0 Å². The topological polar surface area (TPSA) is 3.24 Å². The molecular formula is C57H45N. The summed E-state index contributed by atoms with van der Waals surface area (Å²) in [7, 11) is 0. The molecule has 0 bridgehead atoms. The highest BCUT2D eigenvalue weighted by Crippen LogP contribution is 2.50. The molecule has 9 rings (SSSR count). The minimum atomic E-state index is -0.115. The Bertz CT molecular complexity index is 2770. The largest absolute Gasteiger partial charge is 0.317 e. The van der Waals surface area contributed by atoms with Gasteiger partial charge in [0.25, 0.3) is 0 Å². The van der Waals surface area contributed by atoms with Crippen LogP contribution in [0.15, 0.2) is 231 Å². The molecule has 1 heteroatoms. The first kappa shape index (κ1) is 36.4. The quantitative estimate of drug-likeness (QED) is 0.126. The average molecular weight is 744 g/mol. The van der Waals surface area contributed by atoms with Crippen molar-refractivity contribution >= 4 is 16.9 Å². The summed E-state index contributed by atoms with van der Waals surface area (Å²) in [5, 5.41) is 0. The summed E-state index contributed by atoms with van der Waals surface area (Å²) in [6.45, 7) is 8.81. The lowest BCUT2D eigenvalue weighted by atomic mass is 9.82. The molecule has 0 aliphatic heterocycles. The molecular weight excluding hydrogens is 699 g/mol. The van der Waals surface area contributed by atoms with Gasteiger partial charge < -0.3 is 4.90 Å². The Morgan fingerprint density at radius 2 is 0.897 bits per heavy atom. The number of benzene rings is 8. The Labute approximate surface area is 343 Å². The SMILES string of the molecule is C=C/C(=C\C=C\N(c1ccc(-c2ccc(-c3ccc(-c4ccccc4)cc3)cc2)c(-c2ccccc2)c1)c1ccc2c(c1)C(C)(C)c1ccccc1-2)c1ccccc1. The molecule has 0 unspecified atom stereocenters. The maximum atomic E-state index is 4.13. The molecule has 0 fully saturated rings. The van der Waals surface area contributed by atoms with Gasteiger partial charge in [-0.15, -0.1) is 0 Å². The van der Waals surface area contributed by atoms with Crippen LogP contribution in [0.4, 0.5) is 11.4 Å². The number of hydrogen-bond acceptors (Lipinski definition) is 1. The second-order valence-corrected chi connectivity index (χ2v) is 15.4. The van der Waals surface area contributed by atoms with Crippen LogP contribution in [0.3, 0.4) is 0 Å². The molecule has 1 aliphatic carbocycles. The fourth-order valence-corrected chi connectivity index (χ4v) is 8.43. The molecule has 1 nitrogen and oxygen atoms in total. The van der Waals surface area contributed by atoms with Gasteiger partial charge in [0.1, 0.15) is 0 Å². The monoisotopic (exact) mass is 743 g/mol. The van der Waals surface area contributed by atoms with E-state index < -0.39 is 0 Å². The predicted octanol–water partition coefficient (Wildman–Crippen LogP) is 15.6. The summed E-state index contributed by atoms with van der Waals surface area (Å²) in [5.74, 6) is 0. The van der Waals surface area contributed by atoms with E-state index >= 15 is 0 Å². The summed E-state index contributed by atoms with van der Waals surface area (Å²) in [6.07, 6.45) is 8.39. The number of allylic oxidation sites excluding steroid dienone is 4. The van der Waals surface area contributed by atoms with Crippen molar-refractivity contribution in [3.05, 3.63) is 248 Å². The summed E-state index contributed by atoms with van der Waals surface area (Å²) >= 11 is 0. The molecule has 0 atom stereocenters. The van der Waals surface area contributed by atoms with Gasteiger partial charge in [0.15, 0.2) is 0 Å². The van der Waals surface area contributed by atoms with Crippen molar-refractivity contribution in [1.29, 1.82) is 0 Å². The average Bonchev–Trinajstić information content (AvgIpc) is 3.52. The van der Waals surface area contributed by atoms with Crippen LogP contribution in [0.25, 0.3) is 61.2 Å². The van der Waals surface area contributed by atoms with Gasteiger partial charge in [-0.2, -0.15) is 0 Å². The third-order valence-electron chi connectivity index (χ3n) is 11.6. The van der Waals surface area contributed by atoms with Gasteiger partial charge in [-0.3, -0.25) is 0 Å². The van der Waals surface area contributed by atoms with Crippen LogP contribution in [-0.2, 0) is 5.41 Å². The highest BCUT2D eigenvalue weighted by Gasteiger charge is 2.35. The van der Waals surface area contributed by atoms with Crippen LogP contribution < -0.4 is 4.90 Å². The van der Waals surface area contributed by atoms with Crippen LogP contribution >= 0.6 is 0 Å². The van der Waals surface area contributed by atoms with Crippen LogP contribution in [0.1, 0.15) is 30.5 Å². The lowest BCUT2D eigenvalue weighted by Gasteiger charge is -2.26. The molecule has 58 heavy (non-hydrogen) atoms. The van der Waals surface area contributed by atoms with Crippen LogP contribution in [-0.4, -0.2) is 0 Å². The Morgan fingerprint density at radius 1 is 0.431 bits per heavy atom. The summed E-state index contributed by atoms with van der Waals surface area (Å²) in [5.41, 5.74) is 19.2. The van der Waals surface area contributed by atoms with Crippen molar-refractivity contribution in [3.63, 3.8) is 0 Å². The number of rotatable bonds is 10. The van der Waals surface area contributed by atoms with Crippen molar-refractivity contribution in [2.24, 2.45) is 0 Å². The fraction of sp³-hybridized carbons (Fsp3) is 0.0526. The number of nitrogens with zero attached hydrogens (tertiary/aromatic N) is 1. The molecule has 8 aromatic rings. The smallest absolute Gasteiger partial charge is 0.0462 e. The van der Waals surface area contributed by atoms with E-state index in [1.54, 1.807) is 0 Å². The molecule has 0 saturated heterocycles. The molecule has 0 amide bonds. The van der Waals surface area contributed by atoms with E-state index in [2.05, 4.69) is 238 Å². The van der Waals surface area contributed by atoms with E-state index in [1.807, 2.05) is 12.1 Å². The van der Waals surface area contributed by atoms with E-state index in [9.17, 15) is 0 Å². The zero-order chi connectivity index (χ0) is 39.5. The van der Waals surface area contributed by atoms with Crippen molar-refractivity contribution in [3.8, 4) is 55.6 Å². The number of hydrogen-bond donors (Lipinski definition) is 0. The summed E-state index contributed by atoms with van der Waals surface area (Å²) in [4.78, 5) is 2.32. The van der Waals surface area contributed by atoms with Crippen LogP contribution in [0, 0.1) is 0 Å². The van der Waals surface area contributed by atoms with E-state index in [0.717, 1.165) is 22.5 Å². The van der Waals surface area contributed by atoms with Crippen molar-refractivity contribution in [2.45, 2.75) is 19.3 Å². The minimum Gasteiger partial charge on any atom is -0.317 e. The highest BCUT2D eigenvalue weighted by molar-refractivity contribution is 5.89. The lowest BCUT2D eigenvalue weighted by Crippen LogP contribution is -2.16. The molecule has 0 heterocycles. The zero-order valence-electron chi connectivity index (χ0n) is 33.0. The van der Waals surface area contributed by atoms with Gasteiger partial charge >= 0.3 is 0 Å². The molecule has 1 aliphatic rings. The van der Waals surface area contributed by atoms with E-state index in [4.69, 9.17) is 0 Å². The van der Waals surface area contributed by atoms with Crippen molar-refractivity contribution in [2.75, 3.05) is 4.90 Å². The Kier molecular flexibility index (Phi) is 9.88. The van der Waals surface area contributed by atoms with Gasteiger partial charge in [-0.1, -0.05) is 209 Å². The second-order valence-electron chi connectivity index (χ2n) is 15.4. The van der Waals surface area contributed by atoms with E-state index in [1.165, 1.54) is 66.8 Å². The molecule has 0 radical (unpaired) electrons. The molecule has 0 spiro atoms. The van der Waals surface area contributed by atoms with Gasteiger partial charge in [0.2, 0.25) is 0 Å². The molecule has 8 aromatic carbocycles. The van der Waals surface area contributed by atoms with Crippen LogP contribution in [0.5, 0.6) is 0 Å². The Hall–Kier alpha value is -7.22. The third kappa shape index (κ3) is 7.04. The van der Waals surface area contributed by atoms with Gasteiger partial charge in [-0.05, 0) is 108 Å². The highest BCUT2D eigenvalue weighted by atomic mass is 15.1. The maximum absolute atomic E-state index is 4.13. The first-order valence-corrected chi connectivity index (χ1v) is 20.0. The minimum absolute atomic E-state index is 0.115. The second kappa shape index (κ2) is 15.7. The van der Waals surface area contributed by atoms with E-state index in [0.29, 0.717) is 0 Å². The Morgan fingerprint density at radius 3 is 1.52 bits per heavy atom. The maximum Gasteiger partial charge on any atom is 0.0462 e. The summed E-state index contributed by atoms with van der Waals surface area (Å²) in [6, 6.07) is 72.2. The fourth-order valence-electron chi connectivity index (χ4n) is 8.43. The van der Waals surface area contributed by atoms with Gasteiger partial charge in [0, 0.05) is 23.0 Å². The molecule has 0 saturated carbocycles. The van der Waals surface area contributed by atoms with Gasteiger partial charge in [0.05, 0.1) is 0 Å². The van der Waals surface area contributed by atoms with Crippen LogP contribution in [0.2, 0.25) is 0 Å². The first-order valence-electron chi connectivity index (χ1n) is 20.0. The van der Waals surface area contributed by atoms with Gasteiger partial charge in [-0.25, -0.2) is 0 Å². The number of anilines is 2. The predicted molar refractivity (Wildman–Crippen MR) is 248 cm³/mol. The standard InChI is InChI=1S/C57H45N/c1-4-41(42-17-8-5-9-18-42)23-16-38-58(50-35-37-53-52-24-14-15-25-55(52)57(2,3)56(53)40-50)49-34-36-51(54(39-49)47-21-12-7-13-22-47)48-32-30-46(31-33-48)45-28-26-44(27-29-45)43-19-10-6-11-20-43/h4-40H,1H2,2-3H3/b38-16+,41-23+. The number of fused-ring (bicyclic) bond motifs is 3. The van der Waals surface area contributed by atoms with E-state index in [-0.39, 0.29) is 5.41 Å². The first-order chi connectivity index (χ1) is 28.5. The molecule has 0 N–H and O–H groups in total. The molecule has 0 aromatic heterocycles. The lowest BCUT2D eigenvalue weighted by molar-refractivity contribution is 0.660. The Balaban J connectivity index is 1.12. The van der Waals surface area contributed by atoms with Crippen molar-refractivity contribution in [1.82, 2.24) is 0 Å². The third-order valence-corrected chi connectivity index (χ3v) is 11.6.